The van der Waals surface area contributed by atoms with Gasteiger partial charge in [-0.15, -0.1) is 5.10 Å². The van der Waals surface area contributed by atoms with Crippen molar-refractivity contribution in [3.63, 3.8) is 0 Å². The summed E-state index contributed by atoms with van der Waals surface area (Å²) >= 11 is 11.8. The second kappa shape index (κ2) is 4.35. The lowest BCUT2D eigenvalue weighted by Crippen LogP contribution is -2.24. The van der Waals surface area contributed by atoms with Gasteiger partial charge in [0, 0.05) is 5.02 Å². The van der Waals surface area contributed by atoms with E-state index in [1.54, 1.807) is 25.1 Å². The van der Waals surface area contributed by atoms with E-state index in [0.29, 0.717) is 21.6 Å². The van der Waals surface area contributed by atoms with Crippen molar-refractivity contribution in [2.75, 3.05) is 0 Å². The Bertz CT molecular complexity index is 595. The average molecular weight is 271 g/mol. The third-order valence-corrected chi connectivity index (χ3v) is 2.64. The fraction of sp³-hybridized carbons (Fsp3) is 0.100. The number of rotatable bonds is 2. The molecule has 0 unspecified atom stereocenters. The molecular formula is C10H6Cl2N3O2-. The number of carboxylic acid groups (broad SMARTS) is 1. The van der Waals surface area contributed by atoms with Gasteiger partial charge in [0.15, 0.2) is 5.82 Å². The highest BCUT2D eigenvalue weighted by atomic mass is 35.5. The number of aryl methyl sites for hydroxylation is 1. The fourth-order valence-electron chi connectivity index (χ4n) is 1.35. The number of carboxylic acids is 1. The summed E-state index contributed by atoms with van der Waals surface area (Å²) in [6.07, 6.45) is 0. The van der Waals surface area contributed by atoms with Gasteiger partial charge in [-0.2, -0.15) is 0 Å². The van der Waals surface area contributed by atoms with E-state index in [-0.39, 0.29) is 0 Å². The maximum absolute atomic E-state index is 10.6. The summed E-state index contributed by atoms with van der Waals surface area (Å²) in [5, 5.41) is 15.3. The average Bonchev–Trinajstić information content (AvgIpc) is 2.64. The molecule has 0 amide bonds. The van der Waals surface area contributed by atoms with Crippen LogP contribution >= 0.6 is 23.2 Å². The molecule has 0 spiro atoms. The van der Waals surface area contributed by atoms with E-state index in [0.717, 1.165) is 0 Å². The van der Waals surface area contributed by atoms with E-state index in [1.165, 1.54) is 4.68 Å². The van der Waals surface area contributed by atoms with Crippen molar-refractivity contribution in [2.24, 2.45) is 0 Å². The zero-order chi connectivity index (χ0) is 12.6. The number of aromatic nitrogens is 3. The van der Waals surface area contributed by atoms with Crippen molar-refractivity contribution in [1.29, 1.82) is 0 Å². The van der Waals surface area contributed by atoms with Crippen molar-refractivity contribution >= 4 is 29.2 Å². The maximum atomic E-state index is 10.6. The molecule has 0 N–H and O–H groups in total. The molecule has 0 fully saturated rings. The van der Waals surface area contributed by atoms with Gasteiger partial charge in [0.1, 0.15) is 11.8 Å². The number of halogens is 2. The Kier molecular flexibility index (Phi) is 3.04. The molecule has 1 heterocycles. The number of hydrogen-bond donors (Lipinski definition) is 0. The first kappa shape index (κ1) is 11.9. The van der Waals surface area contributed by atoms with E-state index in [2.05, 4.69) is 10.1 Å². The largest absolute Gasteiger partial charge is 0.541 e. The van der Waals surface area contributed by atoms with E-state index >= 15 is 0 Å². The molecule has 0 saturated heterocycles. The fourth-order valence-corrected chi connectivity index (χ4v) is 1.72. The molecule has 0 radical (unpaired) electrons. The number of carbonyl (C=O) groups is 1. The van der Waals surface area contributed by atoms with E-state index in [9.17, 15) is 9.90 Å². The van der Waals surface area contributed by atoms with Crippen LogP contribution in [0.2, 0.25) is 10.0 Å². The van der Waals surface area contributed by atoms with E-state index in [1.807, 2.05) is 0 Å². The molecule has 0 aliphatic heterocycles. The highest BCUT2D eigenvalue weighted by Gasteiger charge is 2.11. The topological polar surface area (TPSA) is 70.8 Å². The zero-order valence-electron chi connectivity index (χ0n) is 8.65. The number of benzene rings is 1. The first-order chi connectivity index (χ1) is 7.99. The van der Waals surface area contributed by atoms with Gasteiger partial charge in [-0.05, 0) is 25.1 Å². The predicted molar refractivity (Wildman–Crippen MR) is 60.4 cm³/mol. The van der Waals surface area contributed by atoms with Gasteiger partial charge in [-0.3, -0.25) is 0 Å². The molecule has 0 aliphatic carbocycles. The molecule has 0 aliphatic rings. The van der Waals surface area contributed by atoms with Crippen LogP contribution in [0.15, 0.2) is 18.2 Å². The van der Waals surface area contributed by atoms with Crippen LogP contribution in [0.3, 0.4) is 0 Å². The normalized spacial score (nSPS) is 10.5. The molecule has 88 valence electrons. The summed E-state index contributed by atoms with van der Waals surface area (Å²) < 4.78 is 1.30. The molecule has 7 heteroatoms. The summed E-state index contributed by atoms with van der Waals surface area (Å²) in [4.78, 5) is 14.4. The monoisotopic (exact) mass is 270 g/mol. The zero-order valence-corrected chi connectivity index (χ0v) is 10.2. The number of nitrogens with zero attached hydrogens (tertiary/aromatic N) is 3. The first-order valence-electron chi connectivity index (χ1n) is 4.59. The van der Waals surface area contributed by atoms with Gasteiger partial charge < -0.3 is 9.90 Å². The van der Waals surface area contributed by atoms with Crippen LogP contribution in [0.25, 0.3) is 5.69 Å². The van der Waals surface area contributed by atoms with Gasteiger partial charge in [0.2, 0.25) is 0 Å². The molecular weight excluding hydrogens is 265 g/mol. The Morgan fingerprint density at radius 3 is 2.71 bits per heavy atom. The Morgan fingerprint density at radius 1 is 1.41 bits per heavy atom. The molecule has 1 aromatic carbocycles. The minimum Gasteiger partial charge on any atom is -0.541 e. The Hall–Kier alpha value is -1.59. The molecule has 1 aromatic heterocycles. The lowest BCUT2D eigenvalue weighted by atomic mass is 10.3. The van der Waals surface area contributed by atoms with Gasteiger partial charge >= 0.3 is 0 Å². The Labute approximate surface area is 107 Å². The first-order valence-corrected chi connectivity index (χ1v) is 5.35. The minimum atomic E-state index is -1.44. The smallest absolute Gasteiger partial charge is 0.197 e. The summed E-state index contributed by atoms with van der Waals surface area (Å²) in [5.41, 5.74) is 0.469. The van der Waals surface area contributed by atoms with Crippen LogP contribution in [-0.4, -0.2) is 20.7 Å². The highest BCUT2D eigenvalue weighted by molar-refractivity contribution is 6.34. The van der Waals surface area contributed by atoms with Crippen LogP contribution in [0.5, 0.6) is 0 Å². The highest BCUT2D eigenvalue weighted by Crippen LogP contribution is 2.24. The summed E-state index contributed by atoms with van der Waals surface area (Å²) in [6.45, 7) is 1.61. The van der Waals surface area contributed by atoms with Crippen molar-refractivity contribution in [3.05, 3.63) is 39.9 Å². The standard InChI is InChI=1S/C10H7Cl2N3O2/c1-5-13-9(10(16)17)14-15(5)8-4-6(11)2-3-7(8)12/h2-4H,1H3,(H,16,17)/p-1. The number of carbonyl (C=O) groups excluding carboxylic acids is 1. The number of aromatic carboxylic acids is 1. The van der Waals surface area contributed by atoms with Crippen molar-refractivity contribution in [1.82, 2.24) is 14.8 Å². The molecule has 2 aromatic rings. The second-order valence-corrected chi connectivity index (χ2v) is 4.12. The minimum absolute atomic E-state index is 0.383. The lowest BCUT2D eigenvalue weighted by Gasteiger charge is -2.05. The van der Waals surface area contributed by atoms with Crippen molar-refractivity contribution < 1.29 is 9.90 Å². The lowest BCUT2D eigenvalue weighted by molar-refractivity contribution is -0.256. The van der Waals surface area contributed by atoms with Crippen LogP contribution in [0.4, 0.5) is 0 Å². The molecule has 0 atom stereocenters. The quantitative estimate of drug-likeness (QED) is 0.824. The molecule has 0 saturated carbocycles. The molecule has 17 heavy (non-hydrogen) atoms. The predicted octanol–water partition coefficient (Wildman–Crippen LogP) is 1.25. The Morgan fingerprint density at radius 2 is 2.12 bits per heavy atom. The maximum Gasteiger partial charge on any atom is 0.197 e. The van der Waals surface area contributed by atoms with Crippen molar-refractivity contribution in [3.8, 4) is 5.69 Å². The molecule has 0 bridgehead atoms. The van der Waals surface area contributed by atoms with Gasteiger partial charge in [0.05, 0.1) is 10.7 Å². The Balaban J connectivity index is 2.60. The van der Waals surface area contributed by atoms with E-state index < -0.39 is 11.8 Å². The van der Waals surface area contributed by atoms with Gasteiger partial charge in [-0.25, -0.2) is 9.67 Å². The molecule has 5 nitrogen and oxygen atoms in total. The van der Waals surface area contributed by atoms with Crippen LogP contribution in [-0.2, 0) is 0 Å². The summed E-state index contributed by atoms with van der Waals surface area (Å²) in [6, 6.07) is 4.79. The molecule has 2 rings (SSSR count). The van der Waals surface area contributed by atoms with Crippen LogP contribution in [0.1, 0.15) is 16.4 Å². The van der Waals surface area contributed by atoms with Crippen LogP contribution in [0, 0.1) is 6.92 Å². The third kappa shape index (κ3) is 2.25. The summed E-state index contributed by atoms with van der Waals surface area (Å²) in [5.74, 6) is -1.45. The van der Waals surface area contributed by atoms with Gasteiger partial charge in [-0.1, -0.05) is 23.2 Å². The SMILES string of the molecule is Cc1nc(C(=O)[O-])nn1-c1cc(Cl)ccc1Cl. The third-order valence-electron chi connectivity index (χ3n) is 2.09. The van der Waals surface area contributed by atoms with E-state index in [4.69, 9.17) is 23.2 Å². The van der Waals surface area contributed by atoms with Crippen LogP contribution < -0.4 is 5.11 Å². The number of hydrogen-bond acceptors (Lipinski definition) is 4. The van der Waals surface area contributed by atoms with Crippen molar-refractivity contribution in [2.45, 2.75) is 6.92 Å². The van der Waals surface area contributed by atoms with Gasteiger partial charge in [0.25, 0.3) is 0 Å². The summed E-state index contributed by atoms with van der Waals surface area (Å²) in [7, 11) is 0. The second-order valence-electron chi connectivity index (χ2n) is 3.28.